The normalized spacial score (nSPS) is 10.7. The standard InChI is InChI=1S/C26H23Cl2NO6/c1-14(2)17-11-22(18(12-21(17)34-3)25(33)15-7-5-4-6-8-15)35-26-19(27)9-16(10-20(26)28)29-23(30)13-24(31)32/h4-12,14H,13H2,1-3H3,(H,29,30)(H,31,32). The maximum atomic E-state index is 13.3. The van der Waals surface area contributed by atoms with E-state index in [-0.39, 0.29) is 44.5 Å². The van der Waals surface area contributed by atoms with Gasteiger partial charge in [-0.05, 0) is 30.2 Å². The number of hydrogen-bond acceptors (Lipinski definition) is 5. The van der Waals surface area contributed by atoms with Gasteiger partial charge in [-0.25, -0.2) is 0 Å². The zero-order valence-corrected chi connectivity index (χ0v) is 20.7. The summed E-state index contributed by atoms with van der Waals surface area (Å²) in [4.78, 5) is 35.9. The molecule has 3 aromatic rings. The number of ether oxygens (including phenoxy) is 2. The fraction of sp³-hybridized carbons (Fsp3) is 0.192. The SMILES string of the molecule is COc1cc(C(=O)c2ccccc2)c(Oc2c(Cl)cc(NC(=O)CC(=O)O)cc2Cl)cc1C(C)C. The Labute approximate surface area is 212 Å². The van der Waals surface area contributed by atoms with Gasteiger partial charge in [-0.3, -0.25) is 14.4 Å². The van der Waals surface area contributed by atoms with E-state index in [9.17, 15) is 14.4 Å². The molecule has 0 aliphatic heterocycles. The highest BCUT2D eigenvalue weighted by molar-refractivity contribution is 6.37. The van der Waals surface area contributed by atoms with Crippen LogP contribution in [0.25, 0.3) is 0 Å². The predicted octanol–water partition coefficient (Wildman–Crippen LogP) is 6.56. The first-order valence-corrected chi connectivity index (χ1v) is 11.4. The second-order valence-electron chi connectivity index (χ2n) is 7.93. The van der Waals surface area contributed by atoms with Gasteiger partial charge in [0.25, 0.3) is 0 Å². The largest absolute Gasteiger partial charge is 0.496 e. The molecule has 0 aromatic heterocycles. The quantitative estimate of drug-likeness (QED) is 0.247. The smallest absolute Gasteiger partial charge is 0.312 e. The Morgan fingerprint density at radius 2 is 1.60 bits per heavy atom. The van der Waals surface area contributed by atoms with Crippen molar-refractivity contribution in [1.29, 1.82) is 0 Å². The lowest BCUT2D eigenvalue weighted by molar-refractivity contribution is -0.139. The van der Waals surface area contributed by atoms with E-state index in [1.165, 1.54) is 19.2 Å². The number of amides is 1. The van der Waals surface area contributed by atoms with Crippen LogP contribution in [0, 0.1) is 0 Å². The molecular weight excluding hydrogens is 493 g/mol. The van der Waals surface area contributed by atoms with Crippen LogP contribution in [0.1, 0.15) is 47.7 Å². The number of carboxylic acid groups (broad SMARTS) is 1. The number of rotatable bonds is 9. The van der Waals surface area contributed by atoms with Gasteiger partial charge in [-0.15, -0.1) is 0 Å². The molecule has 0 unspecified atom stereocenters. The summed E-state index contributed by atoms with van der Waals surface area (Å²) in [5, 5.41) is 11.3. The molecule has 1 amide bonds. The van der Waals surface area contributed by atoms with Crippen LogP contribution in [0.5, 0.6) is 17.2 Å². The molecule has 0 atom stereocenters. The fourth-order valence-electron chi connectivity index (χ4n) is 3.39. The van der Waals surface area contributed by atoms with Crippen molar-refractivity contribution in [2.75, 3.05) is 12.4 Å². The van der Waals surface area contributed by atoms with E-state index >= 15 is 0 Å². The third kappa shape index (κ3) is 6.32. The lowest BCUT2D eigenvalue weighted by atomic mass is 9.95. The number of hydrogen-bond donors (Lipinski definition) is 2. The lowest BCUT2D eigenvalue weighted by Gasteiger charge is -2.19. The molecule has 182 valence electrons. The highest BCUT2D eigenvalue weighted by Crippen LogP contribution is 2.42. The van der Waals surface area contributed by atoms with Crippen LogP contribution >= 0.6 is 23.2 Å². The Morgan fingerprint density at radius 1 is 0.971 bits per heavy atom. The number of anilines is 1. The van der Waals surface area contributed by atoms with Gasteiger partial charge in [-0.1, -0.05) is 67.4 Å². The molecule has 0 aliphatic rings. The fourth-order valence-corrected chi connectivity index (χ4v) is 3.96. The van der Waals surface area contributed by atoms with Crippen LogP contribution in [-0.4, -0.2) is 29.9 Å². The summed E-state index contributed by atoms with van der Waals surface area (Å²) in [5.74, 6) is -1.37. The number of carbonyl (C=O) groups excluding carboxylic acids is 2. The zero-order chi connectivity index (χ0) is 25.7. The van der Waals surface area contributed by atoms with Gasteiger partial charge >= 0.3 is 5.97 Å². The lowest BCUT2D eigenvalue weighted by Crippen LogP contribution is -2.15. The minimum Gasteiger partial charge on any atom is -0.496 e. The summed E-state index contributed by atoms with van der Waals surface area (Å²) in [7, 11) is 1.53. The second kappa shape index (κ2) is 11.3. The van der Waals surface area contributed by atoms with Crippen LogP contribution in [-0.2, 0) is 9.59 Å². The molecule has 3 aromatic carbocycles. The van der Waals surface area contributed by atoms with Gasteiger partial charge in [0.15, 0.2) is 11.5 Å². The van der Waals surface area contributed by atoms with Crippen LogP contribution in [0.3, 0.4) is 0 Å². The van der Waals surface area contributed by atoms with Crippen molar-refractivity contribution in [1.82, 2.24) is 0 Å². The minimum atomic E-state index is -1.27. The molecule has 0 spiro atoms. The van der Waals surface area contributed by atoms with Crippen molar-refractivity contribution in [2.24, 2.45) is 0 Å². The van der Waals surface area contributed by atoms with Crippen LogP contribution in [0.4, 0.5) is 5.69 Å². The molecule has 0 fully saturated rings. The first-order chi connectivity index (χ1) is 16.6. The maximum absolute atomic E-state index is 13.3. The van der Waals surface area contributed by atoms with Gasteiger partial charge in [0.2, 0.25) is 5.91 Å². The van der Waals surface area contributed by atoms with Gasteiger partial charge in [0.1, 0.15) is 17.9 Å². The van der Waals surface area contributed by atoms with Crippen molar-refractivity contribution >= 4 is 46.5 Å². The molecule has 7 nitrogen and oxygen atoms in total. The second-order valence-corrected chi connectivity index (χ2v) is 8.74. The summed E-state index contributed by atoms with van der Waals surface area (Å²) in [6.45, 7) is 3.96. The first kappa shape index (κ1) is 26.1. The summed E-state index contributed by atoms with van der Waals surface area (Å²) in [5.41, 5.74) is 1.74. The van der Waals surface area contributed by atoms with Crippen LogP contribution in [0.15, 0.2) is 54.6 Å². The van der Waals surface area contributed by atoms with E-state index in [1.54, 1.807) is 36.4 Å². The van der Waals surface area contributed by atoms with Gasteiger partial charge in [0, 0.05) is 16.8 Å². The highest BCUT2D eigenvalue weighted by Gasteiger charge is 2.22. The van der Waals surface area contributed by atoms with Crippen molar-refractivity contribution in [3.8, 4) is 17.2 Å². The number of halogens is 2. The monoisotopic (exact) mass is 515 g/mol. The predicted molar refractivity (Wildman–Crippen MR) is 134 cm³/mol. The molecule has 3 rings (SSSR count). The third-order valence-electron chi connectivity index (χ3n) is 5.04. The Hall–Kier alpha value is -3.55. The van der Waals surface area contributed by atoms with E-state index in [0.717, 1.165) is 5.56 Å². The van der Waals surface area contributed by atoms with Crippen LogP contribution < -0.4 is 14.8 Å². The number of methoxy groups -OCH3 is 1. The van der Waals surface area contributed by atoms with E-state index in [4.69, 9.17) is 37.8 Å². The average molecular weight is 516 g/mol. The number of aliphatic carboxylic acids is 1. The van der Waals surface area contributed by atoms with Crippen molar-refractivity contribution in [3.05, 3.63) is 81.3 Å². The van der Waals surface area contributed by atoms with Gasteiger partial charge in [-0.2, -0.15) is 0 Å². The molecule has 0 bridgehead atoms. The molecule has 35 heavy (non-hydrogen) atoms. The number of ketones is 1. The summed E-state index contributed by atoms with van der Waals surface area (Å²) >= 11 is 12.8. The summed E-state index contributed by atoms with van der Waals surface area (Å²) in [6.07, 6.45) is -0.706. The molecule has 9 heteroatoms. The Bertz CT molecular complexity index is 1250. The first-order valence-electron chi connectivity index (χ1n) is 10.6. The van der Waals surface area contributed by atoms with E-state index in [2.05, 4.69) is 5.32 Å². The maximum Gasteiger partial charge on any atom is 0.312 e. The number of carboxylic acids is 1. The molecule has 0 radical (unpaired) electrons. The molecule has 0 aliphatic carbocycles. The van der Waals surface area contributed by atoms with Gasteiger partial charge < -0.3 is 19.9 Å². The molecular formula is C26H23Cl2NO6. The molecule has 0 heterocycles. The van der Waals surface area contributed by atoms with Gasteiger partial charge in [0.05, 0.1) is 22.7 Å². The topological polar surface area (TPSA) is 102 Å². The third-order valence-corrected chi connectivity index (χ3v) is 5.60. The number of benzene rings is 3. The van der Waals surface area contributed by atoms with Crippen LogP contribution in [0.2, 0.25) is 10.0 Å². The molecule has 0 saturated carbocycles. The average Bonchev–Trinajstić information content (AvgIpc) is 2.80. The zero-order valence-electron chi connectivity index (χ0n) is 19.2. The summed E-state index contributed by atoms with van der Waals surface area (Å²) in [6, 6.07) is 14.8. The van der Waals surface area contributed by atoms with E-state index in [0.29, 0.717) is 11.3 Å². The number of carbonyl (C=O) groups is 3. The highest BCUT2D eigenvalue weighted by atomic mass is 35.5. The Kier molecular flexibility index (Phi) is 8.38. The molecule has 0 saturated heterocycles. The summed E-state index contributed by atoms with van der Waals surface area (Å²) < 4.78 is 11.6. The van der Waals surface area contributed by atoms with Crippen molar-refractivity contribution in [3.63, 3.8) is 0 Å². The number of nitrogens with one attached hydrogen (secondary N) is 1. The minimum absolute atomic E-state index is 0.0585. The van der Waals surface area contributed by atoms with E-state index < -0.39 is 18.3 Å². The van der Waals surface area contributed by atoms with Crippen molar-refractivity contribution in [2.45, 2.75) is 26.2 Å². The molecule has 2 N–H and O–H groups in total. The van der Waals surface area contributed by atoms with Crippen molar-refractivity contribution < 1.29 is 29.0 Å². The van der Waals surface area contributed by atoms with E-state index in [1.807, 2.05) is 19.9 Å². The Balaban J connectivity index is 2.05. The Morgan fingerprint density at radius 3 is 2.14 bits per heavy atom.